The first-order valence-electron chi connectivity index (χ1n) is 4.27. The Morgan fingerprint density at radius 2 is 2.00 bits per heavy atom. The number of amides is 1. The second-order valence-corrected chi connectivity index (χ2v) is 2.91. The highest BCUT2D eigenvalue weighted by Crippen LogP contribution is 2.03. The van der Waals surface area contributed by atoms with Gasteiger partial charge in [0.2, 0.25) is 5.91 Å². The summed E-state index contributed by atoms with van der Waals surface area (Å²) < 4.78 is 0. The van der Waals surface area contributed by atoms with Crippen LogP contribution in [0.4, 0.5) is 0 Å². The average Bonchev–Trinajstić information content (AvgIpc) is 2.15. The third kappa shape index (κ3) is 2.87. The molecule has 13 heavy (non-hydrogen) atoms. The van der Waals surface area contributed by atoms with E-state index < -0.39 is 0 Å². The van der Waals surface area contributed by atoms with Gasteiger partial charge >= 0.3 is 0 Å². The minimum Gasteiger partial charge on any atom is -0.366 e. The van der Waals surface area contributed by atoms with E-state index in [0.717, 1.165) is 13.0 Å². The van der Waals surface area contributed by atoms with Crippen LogP contribution in [0.3, 0.4) is 0 Å². The molecule has 0 aliphatic rings. The Bertz CT molecular complexity index is 279. The molecular weight excluding hydrogens is 164 g/mol. The fourth-order valence-corrected chi connectivity index (χ4v) is 1.11. The van der Waals surface area contributed by atoms with Gasteiger partial charge in [0.15, 0.2) is 0 Å². The number of likely N-dealkylation sites (N-methyl/N-ethyl adjacent to an activating group) is 1. The van der Waals surface area contributed by atoms with E-state index in [-0.39, 0.29) is 5.91 Å². The molecule has 0 radical (unpaired) electrons. The molecule has 0 unspecified atom stereocenters. The molecule has 1 amide bonds. The zero-order chi connectivity index (χ0) is 9.68. The molecule has 3 N–H and O–H groups in total. The van der Waals surface area contributed by atoms with Crippen LogP contribution in [-0.2, 0) is 6.42 Å². The van der Waals surface area contributed by atoms with Crippen molar-refractivity contribution in [2.24, 2.45) is 5.73 Å². The molecule has 0 saturated carbocycles. The third-order valence-corrected chi connectivity index (χ3v) is 1.90. The summed E-state index contributed by atoms with van der Waals surface area (Å²) in [6.45, 7) is 0.940. The normalized spacial score (nSPS) is 9.92. The zero-order valence-electron chi connectivity index (χ0n) is 7.71. The lowest BCUT2D eigenvalue weighted by Crippen LogP contribution is -2.12. The molecule has 3 heteroatoms. The quantitative estimate of drug-likeness (QED) is 0.707. The summed E-state index contributed by atoms with van der Waals surface area (Å²) in [7, 11) is 1.91. The van der Waals surface area contributed by atoms with Crippen LogP contribution in [0, 0.1) is 0 Å². The molecule has 0 aromatic heterocycles. The number of primary amides is 1. The minimum atomic E-state index is -0.375. The molecule has 1 rings (SSSR count). The zero-order valence-corrected chi connectivity index (χ0v) is 7.71. The van der Waals surface area contributed by atoms with Crippen molar-refractivity contribution >= 4 is 5.91 Å². The Balaban J connectivity index is 2.64. The van der Waals surface area contributed by atoms with Crippen molar-refractivity contribution in [3.05, 3.63) is 35.4 Å². The van der Waals surface area contributed by atoms with Gasteiger partial charge in [0.1, 0.15) is 0 Å². The molecule has 0 saturated heterocycles. The average molecular weight is 178 g/mol. The Kier molecular flexibility index (Phi) is 3.46. The van der Waals surface area contributed by atoms with Gasteiger partial charge in [-0.2, -0.15) is 0 Å². The standard InChI is InChI=1S/C10H14N2O/c1-12-7-6-8-2-4-9(5-3-8)10(11)13/h2-5,12H,6-7H2,1H3,(H2,11,13). The number of benzene rings is 1. The summed E-state index contributed by atoms with van der Waals surface area (Å²) in [5.41, 5.74) is 6.88. The highest BCUT2D eigenvalue weighted by Gasteiger charge is 1.98. The van der Waals surface area contributed by atoms with Crippen LogP contribution in [0.5, 0.6) is 0 Å². The van der Waals surface area contributed by atoms with Crippen LogP contribution in [-0.4, -0.2) is 19.5 Å². The van der Waals surface area contributed by atoms with Gasteiger partial charge in [0.05, 0.1) is 0 Å². The summed E-state index contributed by atoms with van der Waals surface area (Å²) in [6.07, 6.45) is 0.968. The van der Waals surface area contributed by atoms with E-state index in [1.165, 1.54) is 5.56 Å². The van der Waals surface area contributed by atoms with Crippen LogP contribution >= 0.6 is 0 Å². The molecule has 0 aliphatic heterocycles. The molecule has 70 valence electrons. The van der Waals surface area contributed by atoms with Crippen LogP contribution < -0.4 is 11.1 Å². The highest BCUT2D eigenvalue weighted by atomic mass is 16.1. The van der Waals surface area contributed by atoms with Gasteiger partial charge in [-0.15, -0.1) is 0 Å². The Morgan fingerprint density at radius 1 is 1.38 bits per heavy atom. The molecule has 0 bridgehead atoms. The van der Waals surface area contributed by atoms with Crippen molar-refractivity contribution in [1.29, 1.82) is 0 Å². The van der Waals surface area contributed by atoms with Crippen LogP contribution in [0.2, 0.25) is 0 Å². The summed E-state index contributed by atoms with van der Waals surface area (Å²) in [5.74, 6) is -0.375. The summed E-state index contributed by atoms with van der Waals surface area (Å²) in [6, 6.07) is 7.37. The van der Waals surface area contributed by atoms with Crippen molar-refractivity contribution in [2.45, 2.75) is 6.42 Å². The summed E-state index contributed by atoms with van der Waals surface area (Å²) in [4.78, 5) is 10.7. The summed E-state index contributed by atoms with van der Waals surface area (Å²) in [5, 5.41) is 3.06. The minimum absolute atomic E-state index is 0.375. The van der Waals surface area contributed by atoms with E-state index >= 15 is 0 Å². The molecular formula is C10H14N2O. The van der Waals surface area contributed by atoms with Crippen molar-refractivity contribution in [3.63, 3.8) is 0 Å². The predicted molar refractivity (Wildman–Crippen MR) is 52.6 cm³/mol. The highest BCUT2D eigenvalue weighted by molar-refractivity contribution is 5.92. The first-order valence-corrected chi connectivity index (χ1v) is 4.27. The molecule has 0 spiro atoms. The van der Waals surface area contributed by atoms with Crippen molar-refractivity contribution in [3.8, 4) is 0 Å². The van der Waals surface area contributed by atoms with Crippen molar-refractivity contribution in [1.82, 2.24) is 5.32 Å². The van der Waals surface area contributed by atoms with E-state index in [1.807, 2.05) is 19.2 Å². The van der Waals surface area contributed by atoms with Crippen molar-refractivity contribution < 1.29 is 4.79 Å². The largest absolute Gasteiger partial charge is 0.366 e. The molecule has 0 aliphatic carbocycles. The van der Waals surface area contributed by atoms with Gasteiger partial charge < -0.3 is 11.1 Å². The lowest BCUT2D eigenvalue weighted by atomic mass is 10.1. The molecule has 0 heterocycles. The van der Waals surface area contributed by atoms with Crippen LogP contribution in [0.1, 0.15) is 15.9 Å². The predicted octanol–water partition coefficient (Wildman–Crippen LogP) is 0.547. The van der Waals surface area contributed by atoms with Gasteiger partial charge in [-0.25, -0.2) is 0 Å². The number of nitrogens with two attached hydrogens (primary N) is 1. The van der Waals surface area contributed by atoms with Crippen LogP contribution in [0.25, 0.3) is 0 Å². The third-order valence-electron chi connectivity index (χ3n) is 1.90. The lowest BCUT2D eigenvalue weighted by molar-refractivity contribution is 0.100. The Labute approximate surface area is 77.9 Å². The van der Waals surface area contributed by atoms with E-state index in [0.29, 0.717) is 5.56 Å². The second-order valence-electron chi connectivity index (χ2n) is 2.91. The molecule has 0 fully saturated rings. The number of carbonyl (C=O) groups is 1. The van der Waals surface area contributed by atoms with Gasteiger partial charge in [0, 0.05) is 5.56 Å². The maximum atomic E-state index is 10.7. The summed E-state index contributed by atoms with van der Waals surface area (Å²) >= 11 is 0. The number of nitrogens with one attached hydrogen (secondary N) is 1. The maximum Gasteiger partial charge on any atom is 0.248 e. The smallest absolute Gasteiger partial charge is 0.248 e. The van der Waals surface area contributed by atoms with Gasteiger partial charge in [-0.1, -0.05) is 12.1 Å². The van der Waals surface area contributed by atoms with Gasteiger partial charge in [-0.05, 0) is 37.7 Å². The van der Waals surface area contributed by atoms with E-state index in [9.17, 15) is 4.79 Å². The first kappa shape index (κ1) is 9.74. The number of rotatable bonds is 4. The van der Waals surface area contributed by atoms with E-state index in [1.54, 1.807) is 12.1 Å². The van der Waals surface area contributed by atoms with Crippen LogP contribution in [0.15, 0.2) is 24.3 Å². The van der Waals surface area contributed by atoms with E-state index in [2.05, 4.69) is 5.32 Å². The topological polar surface area (TPSA) is 55.1 Å². The monoisotopic (exact) mass is 178 g/mol. The molecule has 1 aromatic rings. The number of hydrogen-bond acceptors (Lipinski definition) is 2. The number of carbonyl (C=O) groups excluding carboxylic acids is 1. The Morgan fingerprint density at radius 3 is 2.46 bits per heavy atom. The SMILES string of the molecule is CNCCc1ccc(C(N)=O)cc1. The maximum absolute atomic E-state index is 10.7. The first-order chi connectivity index (χ1) is 6.24. The van der Waals surface area contributed by atoms with Gasteiger partial charge in [-0.3, -0.25) is 4.79 Å². The molecule has 3 nitrogen and oxygen atoms in total. The van der Waals surface area contributed by atoms with Crippen molar-refractivity contribution in [2.75, 3.05) is 13.6 Å². The Hall–Kier alpha value is -1.35. The molecule has 0 atom stereocenters. The second kappa shape index (κ2) is 4.62. The van der Waals surface area contributed by atoms with Gasteiger partial charge in [0.25, 0.3) is 0 Å². The number of hydrogen-bond donors (Lipinski definition) is 2. The lowest BCUT2D eigenvalue weighted by Gasteiger charge is -2.01. The fraction of sp³-hybridized carbons (Fsp3) is 0.300. The fourth-order valence-electron chi connectivity index (χ4n) is 1.11. The molecule has 1 aromatic carbocycles. The van der Waals surface area contributed by atoms with E-state index in [4.69, 9.17) is 5.73 Å².